The van der Waals surface area contributed by atoms with E-state index in [4.69, 9.17) is 9.47 Å². The van der Waals surface area contributed by atoms with Crippen molar-refractivity contribution in [1.82, 2.24) is 9.55 Å². The lowest BCUT2D eigenvalue weighted by Gasteiger charge is -2.17. The number of anilines is 2. The third-order valence-corrected chi connectivity index (χ3v) is 5.88. The molecule has 0 aliphatic carbocycles. The summed E-state index contributed by atoms with van der Waals surface area (Å²) < 4.78 is 50.7. The number of alkyl halides is 3. The second kappa shape index (κ2) is 10.6. The average molecular weight is 505 g/mol. The lowest BCUT2D eigenvalue weighted by Crippen LogP contribution is -2.28. The van der Waals surface area contributed by atoms with Crippen LogP contribution in [0.15, 0.2) is 42.6 Å². The monoisotopic (exact) mass is 504 g/mol. The number of hydrogen-bond donors (Lipinski definition) is 2. The number of halogens is 3. The molecule has 1 aliphatic rings. The Morgan fingerprint density at radius 1 is 1.28 bits per heavy atom. The molecule has 3 aromatic rings. The number of amides is 1. The van der Waals surface area contributed by atoms with Crippen LogP contribution in [0.5, 0.6) is 0 Å². The van der Waals surface area contributed by atoms with Gasteiger partial charge in [-0.15, -0.1) is 0 Å². The highest BCUT2D eigenvalue weighted by atomic mass is 19.4. The number of aromatic nitrogens is 2. The van der Waals surface area contributed by atoms with Gasteiger partial charge in [-0.05, 0) is 31.4 Å². The van der Waals surface area contributed by atoms with Crippen LogP contribution >= 0.6 is 0 Å². The highest BCUT2D eigenvalue weighted by molar-refractivity contribution is 6.12. The molecular formula is C25H27F3N4O4. The number of nitrogens with zero attached hydrogens (tertiary/aromatic N) is 2. The normalized spacial score (nSPS) is 16.6. The maximum atomic E-state index is 13.0. The van der Waals surface area contributed by atoms with E-state index in [1.54, 1.807) is 10.6 Å². The van der Waals surface area contributed by atoms with Crippen LogP contribution in [0.25, 0.3) is 11.0 Å². The summed E-state index contributed by atoms with van der Waals surface area (Å²) in [7, 11) is 1.23. The quantitative estimate of drug-likeness (QED) is 0.431. The zero-order valence-electron chi connectivity index (χ0n) is 19.9. The number of ether oxygens (including phenoxy) is 2. The number of rotatable bonds is 8. The second-order valence-electron chi connectivity index (χ2n) is 8.74. The fourth-order valence-electron chi connectivity index (χ4n) is 4.33. The molecule has 36 heavy (non-hydrogen) atoms. The minimum atomic E-state index is -4.33. The first-order chi connectivity index (χ1) is 17.2. The molecule has 2 aromatic heterocycles. The van der Waals surface area contributed by atoms with E-state index in [0.29, 0.717) is 29.7 Å². The minimum absolute atomic E-state index is 0.0793. The molecule has 2 unspecified atom stereocenters. The van der Waals surface area contributed by atoms with E-state index < -0.39 is 36.6 Å². The summed E-state index contributed by atoms with van der Waals surface area (Å²) in [6.45, 7) is 2.13. The third kappa shape index (κ3) is 5.78. The van der Waals surface area contributed by atoms with Gasteiger partial charge in [0.1, 0.15) is 11.8 Å². The van der Waals surface area contributed by atoms with Crippen molar-refractivity contribution in [2.24, 2.45) is 0 Å². The van der Waals surface area contributed by atoms with E-state index in [1.165, 1.54) is 20.2 Å². The fraction of sp³-hybridized carbons (Fsp3) is 0.400. The van der Waals surface area contributed by atoms with Crippen LogP contribution in [0.1, 0.15) is 42.2 Å². The Morgan fingerprint density at radius 2 is 2.03 bits per heavy atom. The predicted molar refractivity (Wildman–Crippen MR) is 128 cm³/mol. The van der Waals surface area contributed by atoms with Crippen molar-refractivity contribution in [2.75, 3.05) is 24.4 Å². The van der Waals surface area contributed by atoms with Crippen molar-refractivity contribution < 1.29 is 32.2 Å². The van der Waals surface area contributed by atoms with Gasteiger partial charge in [0.15, 0.2) is 5.69 Å². The van der Waals surface area contributed by atoms with Crippen LogP contribution in [0.2, 0.25) is 0 Å². The number of benzene rings is 1. The maximum Gasteiger partial charge on any atom is 0.391 e. The zero-order chi connectivity index (χ0) is 25.9. The van der Waals surface area contributed by atoms with Gasteiger partial charge in [-0.2, -0.15) is 13.2 Å². The van der Waals surface area contributed by atoms with Crippen molar-refractivity contribution in [3.63, 3.8) is 0 Å². The largest absolute Gasteiger partial charge is 0.464 e. The van der Waals surface area contributed by atoms with Crippen molar-refractivity contribution >= 4 is 34.3 Å². The highest BCUT2D eigenvalue weighted by Crippen LogP contribution is 2.34. The van der Waals surface area contributed by atoms with E-state index in [9.17, 15) is 22.8 Å². The maximum absolute atomic E-state index is 13.0. The summed E-state index contributed by atoms with van der Waals surface area (Å²) >= 11 is 0. The zero-order valence-corrected chi connectivity index (χ0v) is 19.9. The van der Waals surface area contributed by atoms with Crippen LogP contribution in [0.4, 0.5) is 24.5 Å². The summed E-state index contributed by atoms with van der Waals surface area (Å²) in [5.41, 5.74) is 1.82. The lowest BCUT2D eigenvalue weighted by molar-refractivity contribution is -0.136. The Morgan fingerprint density at radius 3 is 2.67 bits per heavy atom. The summed E-state index contributed by atoms with van der Waals surface area (Å²) in [5, 5.41) is 6.00. The van der Waals surface area contributed by atoms with E-state index in [1.807, 2.05) is 30.3 Å². The molecule has 0 spiro atoms. The summed E-state index contributed by atoms with van der Waals surface area (Å²) in [6.07, 6.45) is -3.34. The molecule has 192 valence electrons. The molecule has 4 rings (SSSR count). The van der Waals surface area contributed by atoms with Gasteiger partial charge >= 0.3 is 12.1 Å². The van der Waals surface area contributed by atoms with Gasteiger partial charge in [-0.1, -0.05) is 30.3 Å². The minimum Gasteiger partial charge on any atom is -0.464 e. The van der Waals surface area contributed by atoms with Crippen LogP contribution in [0.3, 0.4) is 0 Å². The highest BCUT2D eigenvalue weighted by Gasteiger charge is 2.32. The summed E-state index contributed by atoms with van der Waals surface area (Å²) in [6, 6.07) is 10.0. The molecule has 2 atom stereocenters. The Bertz CT molecular complexity index is 1240. The molecule has 1 fully saturated rings. The van der Waals surface area contributed by atoms with E-state index >= 15 is 0 Å². The molecule has 0 radical (unpaired) electrons. The Balaban J connectivity index is 1.81. The third-order valence-electron chi connectivity index (χ3n) is 5.88. The van der Waals surface area contributed by atoms with Gasteiger partial charge in [0.2, 0.25) is 0 Å². The van der Waals surface area contributed by atoms with Crippen molar-refractivity contribution in [2.45, 2.75) is 51.1 Å². The fourth-order valence-corrected chi connectivity index (χ4v) is 4.33. The molecule has 11 heteroatoms. The molecule has 1 amide bonds. The van der Waals surface area contributed by atoms with Gasteiger partial charge in [-0.25, -0.2) is 9.78 Å². The predicted octanol–water partition coefficient (Wildman–Crippen LogP) is 4.74. The van der Waals surface area contributed by atoms with Crippen LogP contribution in [0, 0.1) is 0 Å². The first kappa shape index (κ1) is 25.5. The topological polar surface area (TPSA) is 94.5 Å². The van der Waals surface area contributed by atoms with Gasteiger partial charge in [-0.3, -0.25) is 4.79 Å². The summed E-state index contributed by atoms with van der Waals surface area (Å²) in [4.78, 5) is 30.4. The van der Waals surface area contributed by atoms with Crippen LogP contribution in [-0.4, -0.2) is 53.5 Å². The Kier molecular flexibility index (Phi) is 7.48. The molecule has 1 aliphatic heterocycles. The van der Waals surface area contributed by atoms with Crippen LogP contribution < -0.4 is 10.6 Å². The molecule has 1 aromatic carbocycles. The number of esters is 1. The van der Waals surface area contributed by atoms with Gasteiger partial charge < -0.3 is 24.7 Å². The Labute approximate surface area is 205 Å². The number of carbonyl (C=O) groups excluding carboxylic acids is 2. The average Bonchev–Trinajstić information content (AvgIpc) is 3.46. The van der Waals surface area contributed by atoms with E-state index in [2.05, 4.69) is 15.6 Å². The molecule has 0 saturated carbocycles. The number of pyridine rings is 1. The summed E-state index contributed by atoms with van der Waals surface area (Å²) in [5.74, 6) is -1.10. The first-order valence-electron chi connectivity index (χ1n) is 11.6. The molecular weight excluding hydrogens is 477 g/mol. The SMILES string of the molecule is COC(=O)c1c(NC(=O)C2CCCO2)c2cc(NC(C)CC(F)(F)F)cnc2n1Cc1ccccc1. The molecule has 0 bridgehead atoms. The van der Waals surface area contributed by atoms with E-state index in [-0.39, 0.29) is 17.9 Å². The second-order valence-corrected chi connectivity index (χ2v) is 8.74. The van der Waals surface area contributed by atoms with Crippen LogP contribution in [-0.2, 0) is 20.8 Å². The van der Waals surface area contributed by atoms with E-state index in [0.717, 1.165) is 12.0 Å². The lowest BCUT2D eigenvalue weighted by atomic mass is 10.2. The number of methoxy groups -OCH3 is 1. The molecule has 1 saturated heterocycles. The standard InChI is InChI=1S/C25H27F3N4O4/c1-15(12-25(26,27)28)30-17-11-18-20(31-23(33)19-9-6-10-36-19)21(24(34)35-2)32(22(18)29-13-17)14-16-7-4-3-5-8-16/h3-5,7-8,11,13,15,19,30H,6,9-10,12,14H2,1-2H3,(H,31,33). The Hall–Kier alpha value is -3.60. The number of nitrogens with one attached hydrogen (secondary N) is 2. The van der Waals surface area contributed by atoms with Gasteiger partial charge in [0.25, 0.3) is 5.91 Å². The first-order valence-corrected chi connectivity index (χ1v) is 11.6. The molecule has 8 nitrogen and oxygen atoms in total. The van der Waals surface area contributed by atoms with Crippen molar-refractivity contribution in [1.29, 1.82) is 0 Å². The molecule has 2 N–H and O–H groups in total. The number of fused-ring (bicyclic) bond motifs is 1. The number of hydrogen-bond acceptors (Lipinski definition) is 6. The van der Waals surface area contributed by atoms with Gasteiger partial charge in [0, 0.05) is 24.6 Å². The number of carbonyl (C=O) groups is 2. The van der Waals surface area contributed by atoms with Crippen molar-refractivity contribution in [3.8, 4) is 0 Å². The smallest absolute Gasteiger partial charge is 0.391 e. The van der Waals surface area contributed by atoms with Gasteiger partial charge in [0.05, 0.1) is 31.1 Å². The molecule has 3 heterocycles. The van der Waals surface area contributed by atoms with Crippen molar-refractivity contribution in [3.05, 3.63) is 53.9 Å².